The van der Waals surface area contributed by atoms with Crippen molar-refractivity contribution in [3.05, 3.63) is 35.9 Å². The summed E-state index contributed by atoms with van der Waals surface area (Å²) in [6.45, 7) is 6.49. The fourth-order valence-corrected chi connectivity index (χ4v) is 6.31. The molecule has 4 aliphatic heterocycles. The largest absolute Gasteiger partial charge is 0.458 e. The monoisotopic (exact) mass is 428 g/mol. The highest BCUT2D eigenvalue weighted by atomic mass is 16.6. The van der Waals surface area contributed by atoms with Crippen molar-refractivity contribution < 1.29 is 19.4 Å². The van der Waals surface area contributed by atoms with Gasteiger partial charge in [0.25, 0.3) is 0 Å². The minimum atomic E-state index is -1.55. The standard InChI is InChI=1S/C25H36N2O4/c28-24(25(29,21-8-4-5-9-21)20-6-2-1-3-7-20)31-23-19-10-12-27(13-11-19)22(23)18-26-14-16-30-17-15-26/h1-3,6-7,19,21-23,29H,4-5,8-18H2. The lowest BCUT2D eigenvalue weighted by atomic mass is 9.78. The highest BCUT2D eigenvalue weighted by molar-refractivity contribution is 5.82. The van der Waals surface area contributed by atoms with Crippen LogP contribution in [0.2, 0.25) is 0 Å². The van der Waals surface area contributed by atoms with Crippen LogP contribution in [-0.2, 0) is 19.9 Å². The average molecular weight is 429 g/mol. The Kier molecular flexibility index (Phi) is 6.33. The second kappa shape index (κ2) is 9.18. The number of fused-ring (bicyclic) bond motifs is 3. The van der Waals surface area contributed by atoms with E-state index >= 15 is 0 Å². The molecule has 6 nitrogen and oxygen atoms in total. The number of ether oxygens (including phenoxy) is 2. The number of aliphatic hydroxyl groups is 1. The van der Waals surface area contributed by atoms with Gasteiger partial charge in [0.15, 0.2) is 5.60 Å². The van der Waals surface area contributed by atoms with Crippen molar-refractivity contribution in [1.82, 2.24) is 9.80 Å². The number of rotatable bonds is 6. The van der Waals surface area contributed by atoms with E-state index < -0.39 is 11.6 Å². The number of morpholine rings is 1. The molecule has 3 atom stereocenters. The Morgan fingerprint density at radius 2 is 1.71 bits per heavy atom. The Balaban J connectivity index is 1.38. The van der Waals surface area contributed by atoms with Crippen molar-refractivity contribution >= 4 is 5.97 Å². The van der Waals surface area contributed by atoms with E-state index in [4.69, 9.17) is 9.47 Å². The summed E-state index contributed by atoms with van der Waals surface area (Å²) in [7, 11) is 0. The maximum absolute atomic E-state index is 13.7. The lowest BCUT2D eigenvalue weighted by molar-refractivity contribution is -0.195. The van der Waals surface area contributed by atoms with Crippen LogP contribution in [0.15, 0.2) is 30.3 Å². The van der Waals surface area contributed by atoms with Gasteiger partial charge in [-0.15, -0.1) is 0 Å². The van der Waals surface area contributed by atoms with Gasteiger partial charge in [0.2, 0.25) is 0 Å². The fraction of sp³-hybridized carbons (Fsp3) is 0.720. The SMILES string of the molecule is O=C(OC1C2CCN(CC2)C1CN1CCOCC1)C(O)(c1ccccc1)C1CCCC1. The van der Waals surface area contributed by atoms with Gasteiger partial charge in [-0.1, -0.05) is 43.2 Å². The van der Waals surface area contributed by atoms with E-state index in [1.54, 1.807) is 0 Å². The van der Waals surface area contributed by atoms with Crippen LogP contribution in [-0.4, -0.2) is 79.0 Å². The summed E-state index contributed by atoms with van der Waals surface area (Å²) in [4.78, 5) is 18.7. The molecule has 170 valence electrons. The van der Waals surface area contributed by atoms with Gasteiger partial charge in [-0.2, -0.15) is 0 Å². The average Bonchev–Trinajstić information content (AvgIpc) is 3.37. The number of nitrogens with zero attached hydrogens (tertiary/aromatic N) is 2. The van der Waals surface area contributed by atoms with Crippen LogP contribution < -0.4 is 0 Å². The molecule has 4 saturated heterocycles. The Labute approximate surface area is 185 Å². The van der Waals surface area contributed by atoms with Crippen LogP contribution >= 0.6 is 0 Å². The molecule has 3 unspecified atom stereocenters. The highest BCUT2D eigenvalue weighted by Crippen LogP contribution is 2.43. The molecule has 5 aliphatic rings. The maximum atomic E-state index is 13.7. The van der Waals surface area contributed by atoms with Crippen LogP contribution in [0.3, 0.4) is 0 Å². The molecule has 5 fully saturated rings. The third-order valence-corrected chi connectivity index (χ3v) is 8.15. The number of piperidine rings is 3. The zero-order valence-corrected chi connectivity index (χ0v) is 18.5. The first-order chi connectivity index (χ1) is 15.2. The molecule has 0 radical (unpaired) electrons. The number of hydrogen-bond donors (Lipinski definition) is 1. The van der Waals surface area contributed by atoms with Gasteiger partial charge in [-0.25, -0.2) is 4.79 Å². The van der Waals surface area contributed by atoms with Gasteiger partial charge in [0.05, 0.1) is 19.3 Å². The lowest BCUT2D eigenvalue weighted by Gasteiger charge is -2.52. The molecular weight excluding hydrogens is 392 g/mol. The van der Waals surface area contributed by atoms with Crippen LogP contribution in [0.4, 0.5) is 0 Å². The molecule has 2 bridgehead atoms. The smallest absolute Gasteiger partial charge is 0.343 e. The van der Waals surface area contributed by atoms with E-state index in [1.807, 2.05) is 30.3 Å². The Hall–Kier alpha value is -1.47. The Morgan fingerprint density at radius 3 is 2.39 bits per heavy atom. The predicted octanol–water partition coefficient (Wildman–Crippen LogP) is 2.40. The van der Waals surface area contributed by atoms with E-state index in [1.165, 1.54) is 0 Å². The first-order valence-electron chi connectivity index (χ1n) is 12.2. The molecular formula is C25H36N2O4. The normalized spacial score (nSPS) is 33.8. The van der Waals surface area contributed by atoms with Crippen LogP contribution in [0.25, 0.3) is 0 Å². The van der Waals surface area contributed by atoms with Crippen LogP contribution in [0.1, 0.15) is 44.1 Å². The molecule has 0 aromatic heterocycles. The second-order valence-electron chi connectivity index (χ2n) is 9.84. The summed E-state index contributed by atoms with van der Waals surface area (Å²) >= 11 is 0. The van der Waals surface area contributed by atoms with Crippen molar-refractivity contribution in [3.63, 3.8) is 0 Å². The molecule has 1 saturated carbocycles. The third-order valence-electron chi connectivity index (χ3n) is 8.15. The van der Waals surface area contributed by atoms with E-state index in [-0.39, 0.29) is 18.1 Å². The van der Waals surface area contributed by atoms with Gasteiger partial charge in [-0.3, -0.25) is 9.80 Å². The topological polar surface area (TPSA) is 62.2 Å². The molecule has 6 rings (SSSR count). The lowest BCUT2D eigenvalue weighted by Crippen LogP contribution is -2.63. The molecule has 0 spiro atoms. The number of carbonyl (C=O) groups is 1. The first kappa shape index (κ1) is 21.4. The third kappa shape index (κ3) is 4.15. The number of hydrogen-bond acceptors (Lipinski definition) is 6. The van der Waals surface area contributed by atoms with Crippen molar-refractivity contribution in [2.75, 3.05) is 45.9 Å². The van der Waals surface area contributed by atoms with Crippen LogP contribution in [0, 0.1) is 11.8 Å². The van der Waals surface area contributed by atoms with Crippen molar-refractivity contribution in [1.29, 1.82) is 0 Å². The maximum Gasteiger partial charge on any atom is 0.343 e. The Morgan fingerprint density at radius 1 is 1.03 bits per heavy atom. The summed E-state index contributed by atoms with van der Waals surface area (Å²) in [5.41, 5.74) is -0.870. The fourth-order valence-electron chi connectivity index (χ4n) is 6.31. The van der Waals surface area contributed by atoms with Gasteiger partial charge in [0.1, 0.15) is 6.10 Å². The summed E-state index contributed by atoms with van der Waals surface area (Å²) in [6, 6.07) is 9.69. The van der Waals surface area contributed by atoms with Crippen molar-refractivity contribution in [2.24, 2.45) is 11.8 Å². The molecule has 1 N–H and O–H groups in total. The first-order valence-corrected chi connectivity index (χ1v) is 12.2. The zero-order chi connectivity index (χ0) is 21.3. The van der Waals surface area contributed by atoms with Gasteiger partial charge >= 0.3 is 5.97 Å². The van der Waals surface area contributed by atoms with E-state index in [9.17, 15) is 9.90 Å². The highest BCUT2D eigenvalue weighted by Gasteiger charge is 2.51. The van der Waals surface area contributed by atoms with E-state index in [2.05, 4.69) is 9.80 Å². The second-order valence-corrected chi connectivity index (χ2v) is 9.84. The van der Waals surface area contributed by atoms with E-state index in [0.717, 1.165) is 84.5 Å². The molecule has 1 aliphatic carbocycles. The van der Waals surface area contributed by atoms with Gasteiger partial charge in [0, 0.05) is 25.6 Å². The van der Waals surface area contributed by atoms with E-state index in [0.29, 0.717) is 11.5 Å². The van der Waals surface area contributed by atoms with Crippen molar-refractivity contribution in [3.8, 4) is 0 Å². The molecule has 1 aromatic carbocycles. The molecule has 31 heavy (non-hydrogen) atoms. The molecule has 4 heterocycles. The quantitative estimate of drug-likeness (QED) is 0.702. The summed E-state index contributed by atoms with van der Waals surface area (Å²) in [6.07, 6.45) is 5.87. The summed E-state index contributed by atoms with van der Waals surface area (Å²) in [5.74, 6) is -0.110. The van der Waals surface area contributed by atoms with Gasteiger partial charge in [-0.05, 0) is 50.3 Å². The Bertz CT molecular complexity index is 739. The van der Waals surface area contributed by atoms with Crippen molar-refractivity contribution in [2.45, 2.75) is 56.3 Å². The summed E-state index contributed by atoms with van der Waals surface area (Å²) < 4.78 is 11.8. The molecule has 6 heteroatoms. The number of esters is 1. The number of benzene rings is 1. The van der Waals surface area contributed by atoms with Crippen LogP contribution in [0.5, 0.6) is 0 Å². The number of carbonyl (C=O) groups excluding carboxylic acids is 1. The minimum absolute atomic E-state index is 0.0684. The minimum Gasteiger partial charge on any atom is -0.458 e. The molecule has 0 amide bonds. The molecule has 1 aromatic rings. The summed E-state index contributed by atoms with van der Waals surface area (Å²) in [5, 5.41) is 11.8. The van der Waals surface area contributed by atoms with Gasteiger partial charge < -0.3 is 14.6 Å². The predicted molar refractivity (Wildman–Crippen MR) is 118 cm³/mol. The zero-order valence-electron chi connectivity index (χ0n) is 18.5.